The van der Waals surface area contributed by atoms with E-state index in [9.17, 15) is 24.4 Å². The molecule has 0 aliphatic rings. The van der Waals surface area contributed by atoms with E-state index < -0.39 is 33.6 Å². The molecule has 0 amide bonds. The third-order valence-corrected chi connectivity index (χ3v) is 2.70. The molecule has 0 aliphatic heterocycles. The Balaban J connectivity index is 3.39. The lowest BCUT2D eigenvalue weighted by molar-refractivity contribution is -0.384. The lowest BCUT2D eigenvalue weighted by atomic mass is 10.1. The van der Waals surface area contributed by atoms with E-state index in [1.165, 1.54) is 25.8 Å². The van der Waals surface area contributed by atoms with Crippen molar-refractivity contribution in [3.63, 3.8) is 0 Å². The lowest BCUT2D eigenvalue weighted by Gasteiger charge is -2.27. The molecule has 21 heavy (non-hydrogen) atoms. The average Bonchev–Trinajstić information content (AvgIpc) is 2.35. The molecule has 1 rings (SSSR count). The van der Waals surface area contributed by atoms with E-state index in [2.05, 4.69) is 4.74 Å². The number of benzene rings is 1. The van der Waals surface area contributed by atoms with Crippen molar-refractivity contribution in [2.45, 2.75) is 19.4 Å². The zero-order chi connectivity index (χ0) is 16.4. The molecule has 0 unspecified atom stereocenters. The number of anilines is 1. The first-order valence-corrected chi connectivity index (χ1v) is 6.06. The second-order valence-electron chi connectivity index (χ2n) is 5.24. The Kier molecular flexibility index (Phi) is 4.84. The summed E-state index contributed by atoms with van der Waals surface area (Å²) < 4.78 is 18.2. The van der Waals surface area contributed by atoms with E-state index >= 15 is 0 Å². The number of likely N-dealkylation sites (N-methyl/N-ethyl adjacent to an activating group) is 1. The first-order chi connectivity index (χ1) is 9.56. The van der Waals surface area contributed by atoms with E-state index in [4.69, 9.17) is 0 Å². The summed E-state index contributed by atoms with van der Waals surface area (Å²) in [5, 5.41) is 20.8. The third-order valence-electron chi connectivity index (χ3n) is 2.70. The molecule has 7 nitrogen and oxygen atoms in total. The van der Waals surface area contributed by atoms with Gasteiger partial charge in [-0.1, -0.05) is 0 Å². The molecule has 0 fully saturated rings. The minimum atomic E-state index is -1.12. The molecule has 0 atom stereocenters. The van der Waals surface area contributed by atoms with Crippen LogP contribution in [0.2, 0.25) is 0 Å². The van der Waals surface area contributed by atoms with Crippen molar-refractivity contribution in [1.82, 2.24) is 0 Å². The molecule has 0 aliphatic carbocycles. The van der Waals surface area contributed by atoms with Crippen LogP contribution in [0.15, 0.2) is 12.1 Å². The summed E-state index contributed by atoms with van der Waals surface area (Å²) in [5.41, 5.74) is -2.00. The molecule has 0 aromatic heterocycles. The second kappa shape index (κ2) is 6.04. The van der Waals surface area contributed by atoms with Gasteiger partial charge in [-0.05, 0) is 19.9 Å². The fourth-order valence-corrected chi connectivity index (χ4v) is 1.94. The molecule has 1 N–H and O–H groups in total. The summed E-state index contributed by atoms with van der Waals surface area (Å²) in [6, 6.07) is 1.72. The van der Waals surface area contributed by atoms with Crippen molar-refractivity contribution >= 4 is 17.3 Å². The van der Waals surface area contributed by atoms with Gasteiger partial charge in [-0.2, -0.15) is 0 Å². The number of carbonyl (C=O) groups excluding carboxylic acids is 1. The maximum Gasteiger partial charge on any atom is 0.340 e. The number of nitro benzene ring substituents is 1. The number of aliphatic hydroxyl groups is 1. The molecule has 0 radical (unpaired) electrons. The van der Waals surface area contributed by atoms with Crippen molar-refractivity contribution in [1.29, 1.82) is 0 Å². The summed E-state index contributed by atoms with van der Waals surface area (Å²) in [7, 11) is 2.59. The van der Waals surface area contributed by atoms with Gasteiger partial charge in [-0.15, -0.1) is 0 Å². The minimum Gasteiger partial charge on any atom is -0.465 e. The highest BCUT2D eigenvalue weighted by Gasteiger charge is 2.26. The minimum absolute atomic E-state index is 0.0175. The Morgan fingerprint density at radius 1 is 1.52 bits per heavy atom. The number of esters is 1. The standard InChI is InChI=1S/C13H17FN2O5/c1-13(2,18)7-15(3)10-5-8(12(17)21-4)9(14)6-11(10)16(19)20/h5-6,18H,7H2,1-4H3. The van der Waals surface area contributed by atoms with Gasteiger partial charge in [0.2, 0.25) is 0 Å². The Labute approximate surface area is 121 Å². The maximum absolute atomic E-state index is 13.8. The van der Waals surface area contributed by atoms with Crippen molar-refractivity contribution in [2.24, 2.45) is 0 Å². The lowest BCUT2D eigenvalue weighted by Crippen LogP contribution is -2.36. The van der Waals surface area contributed by atoms with Gasteiger partial charge in [-0.25, -0.2) is 9.18 Å². The van der Waals surface area contributed by atoms with Crippen LogP contribution in [0.4, 0.5) is 15.8 Å². The number of hydrogen-bond acceptors (Lipinski definition) is 6. The molecular weight excluding hydrogens is 283 g/mol. The van der Waals surface area contributed by atoms with Crippen LogP contribution in [-0.2, 0) is 4.74 Å². The molecule has 116 valence electrons. The predicted molar refractivity (Wildman–Crippen MR) is 74.0 cm³/mol. The monoisotopic (exact) mass is 300 g/mol. The zero-order valence-corrected chi connectivity index (χ0v) is 12.2. The van der Waals surface area contributed by atoms with Crippen LogP contribution in [0, 0.1) is 15.9 Å². The van der Waals surface area contributed by atoms with Crippen LogP contribution >= 0.6 is 0 Å². The number of hydrogen-bond donors (Lipinski definition) is 1. The van der Waals surface area contributed by atoms with Gasteiger partial charge >= 0.3 is 5.97 Å². The summed E-state index contributed by atoms with van der Waals surface area (Å²) in [4.78, 5) is 23.1. The molecule has 1 aromatic carbocycles. The van der Waals surface area contributed by atoms with Gasteiger partial charge in [0.25, 0.3) is 5.69 Å². The SMILES string of the molecule is COC(=O)c1cc(N(C)CC(C)(C)O)c([N+](=O)[O-])cc1F. The summed E-state index contributed by atoms with van der Waals surface area (Å²) >= 11 is 0. The number of halogens is 1. The Morgan fingerprint density at radius 2 is 2.10 bits per heavy atom. The van der Waals surface area contributed by atoms with Crippen LogP contribution in [0.3, 0.4) is 0 Å². The van der Waals surface area contributed by atoms with Gasteiger partial charge in [0.05, 0.1) is 29.3 Å². The average molecular weight is 300 g/mol. The van der Waals surface area contributed by atoms with Crippen LogP contribution in [0.25, 0.3) is 0 Å². The Morgan fingerprint density at radius 3 is 2.52 bits per heavy atom. The zero-order valence-electron chi connectivity index (χ0n) is 12.2. The van der Waals surface area contributed by atoms with Crippen LogP contribution in [-0.4, -0.2) is 42.3 Å². The highest BCUT2D eigenvalue weighted by molar-refractivity contribution is 5.92. The fraction of sp³-hybridized carbons (Fsp3) is 0.462. The molecule has 0 saturated heterocycles. The normalized spacial score (nSPS) is 11.1. The van der Waals surface area contributed by atoms with Crippen molar-refractivity contribution < 1.29 is 24.0 Å². The third kappa shape index (κ3) is 4.12. The van der Waals surface area contributed by atoms with Gasteiger partial charge in [0.1, 0.15) is 11.5 Å². The molecule has 0 bridgehead atoms. The van der Waals surface area contributed by atoms with Crippen molar-refractivity contribution in [2.75, 3.05) is 25.6 Å². The second-order valence-corrected chi connectivity index (χ2v) is 5.24. The fourth-order valence-electron chi connectivity index (χ4n) is 1.94. The molecular formula is C13H17FN2O5. The molecule has 1 aromatic rings. The first-order valence-electron chi connectivity index (χ1n) is 6.06. The topological polar surface area (TPSA) is 92.9 Å². The smallest absolute Gasteiger partial charge is 0.340 e. The molecule has 0 spiro atoms. The van der Waals surface area contributed by atoms with E-state index in [1.54, 1.807) is 0 Å². The van der Waals surface area contributed by atoms with Crippen molar-refractivity contribution in [3.8, 4) is 0 Å². The van der Waals surface area contributed by atoms with E-state index in [-0.39, 0.29) is 12.2 Å². The van der Waals surface area contributed by atoms with Crippen LogP contribution in [0.1, 0.15) is 24.2 Å². The molecule has 0 heterocycles. The summed E-state index contributed by atoms with van der Waals surface area (Å²) in [6.45, 7) is 3.11. The van der Waals surface area contributed by atoms with Gasteiger partial charge < -0.3 is 14.7 Å². The number of nitrogens with zero attached hydrogens (tertiary/aromatic N) is 2. The van der Waals surface area contributed by atoms with Crippen LogP contribution in [0.5, 0.6) is 0 Å². The first kappa shape index (κ1) is 16.8. The highest BCUT2D eigenvalue weighted by atomic mass is 19.1. The number of rotatable bonds is 5. The largest absolute Gasteiger partial charge is 0.465 e. The predicted octanol–water partition coefficient (Wildman–Crippen LogP) is 1.73. The number of methoxy groups -OCH3 is 1. The van der Waals surface area contributed by atoms with E-state index in [0.717, 1.165) is 13.2 Å². The highest BCUT2D eigenvalue weighted by Crippen LogP contribution is 2.31. The van der Waals surface area contributed by atoms with Gasteiger partial charge in [0, 0.05) is 13.6 Å². The summed E-state index contributed by atoms with van der Waals surface area (Å²) in [5.74, 6) is -1.96. The Bertz CT molecular complexity index is 568. The van der Waals surface area contributed by atoms with E-state index in [1.807, 2.05) is 0 Å². The van der Waals surface area contributed by atoms with Gasteiger partial charge in [-0.3, -0.25) is 10.1 Å². The van der Waals surface area contributed by atoms with Crippen LogP contribution < -0.4 is 4.90 Å². The molecule has 0 saturated carbocycles. The maximum atomic E-state index is 13.8. The quantitative estimate of drug-likeness (QED) is 0.505. The number of nitro groups is 1. The van der Waals surface area contributed by atoms with Gasteiger partial charge in [0.15, 0.2) is 0 Å². The van der Waals surface area contributed by atoms with Crippen molar-refractivity contribution in [3.05, 3.63) is 33.6 Å². The number of ether oxygens (including phenoxy) is 1. The van der Waals surface area contributed by atoms with E-state index in [0.29, 0.717) is 6.07 Å². The molecule has 8 heteroatoms. The Hall–Kier alpha value is -2.22. The summed E-state index contributed by atoms with van der Waals surface area (Å²) in [6.07, 6.45) is 0. The number of carbonyl (C=O) groups is 1.